The highest BCUT2D eigenvalue weighted by Crippen LogP contribution is 2.34. The Labute approximate surface area is 132 Å². The van der Waals surface area contributed by atoms with Crippen LogP contribution < -0.4 is 5.32 Å². The molecule has 1 nitrogen and oxygen atoms in total. The summed E-state index contributed by atoms with van der Waals surface area (Å²) in [5, 5.41) is 6.53. The van der Waals surface area contributed by atoms with E-state index in [0.29, 0.717) is 0 Å². The zero-order chi connectivity index (χ0) is 13.8. The molecule has 1 unspecified atom stereocenters. The zero-order valence-corrected chi connectivity index (χ0v) is 14.2. The Bertz CT molecular complexity index is 553. The fraction of sp³-hybridized carbons (Fsp3) is 0.333. The molecule has 0 radical (unpaired) electrons. The molecule has 0 aliphatic heterocycles. The number of benzene rings is 1. The van der Waals surface area contributed by atoms with Crippen molar-refractivity contribution in [3.63, 3.8) is 0 Å². The molecule has 4 heteroatoms. The van der Waals surface area contributed by atoms with Crippen molar-refractivity contribution in [1.82, 2.24) is 5.32 Å². The van der Waals surface area contributed by atoms with Crippen LogP contribution in [0.25, 0.3) is 0 Å². The molecule has 0 bridgehead atoms. The van der Waals surface area contributed by atoms with E-state index in [1.165, 1.54) is 10.4 Å². The van der Waals surface area contributed by atoms with Crippen molar-refractivity contribution in [2.24, 2.45) is 0 Å². The van der Waals surface area contributed by atoms with Crippen molar-refractivity contribution in [3.05, 3.63) is 55.1 Å². The quantitative estimate of drug-likeness (QED) is 0.737. The van der Waals surface area contributed by atoms with Gasteiger partial charge in [-0.25, -0.2) is 0 Å². The Kier molecular flexibility index (Phi) is 5.46. The van der Waals surface area contributed by atoms with Gasteiger partial charge in [0, 0.05) is 14.4 Å². The normalized spacial score (nSPS) is 12.6. The highest BCUT2D eigenvalue weighted by atomic mass is 79.9. The van der Waals surface area contributed by atoms with Gasteiger partial charge in [0.1, 0.15) is 0 Å². The number of aryl methyl sites for hydroxylation is 1. The molecule has 0 aliphatic rings. The van der Waals surface area contributed by atoms with E-state index in [1.807, 2.05) is 6.92 Å². The number of nitrogens with one attached hydrogen (secondary N) is 1. The average molecular weight is 359 g/mol. The van der Waals surface area contributed by atoms with Crippen molar-refractivity contribution in [1.29, 1.82) is 0 Å². The van der Waals surface area contributed by atoms with Gasteiger partial charge in [-0.3, -0.25) is 0 Å². The number of thiophene rings is 1. The van der Waals surface area contributed by atoms with Gasteiger partial charge >= 0.3 is 0 Å². The van der Waals surface area contributed by atoms with Crippen molar-refractivity contribution in [2.45, 2.75) is 26.3 Å². The lowest BCUT2D eigenvalue weighted by Crippen LogP contribution is -2.22. The molecular formula is C15H17BrClNS. The van der Waals surface area contributed by atoms with Crippen molar-refractivity contribution < 1.29 is 0 Å². The standard InChI is InChI=1S/C15H17BrClNS/c1-3-7-18-14(15-12(16)6-8-19-15)11-5-4-10(2)13(17)9-11/h4-6,8-9,14,18H,3,7H2,1-2H3. The summed E-state index contributed by atoms with van der Waals surface area (Å²) in [6, 6.07) is 8.60. The minimum absolute atomic E-state index is 0.201. The van der Waals surface area contributed by atoms with Crippen LogP contribution in [-0.2, 0) is 0 Å². The Balaban J connectivity index is 2.37. The van der Waals surface area contributed by atoms with E-state index in [-0.39, 0.29) is 6.04 Å². The monoisotopic (exact) mass is 357 g/mol. The minimum Gasteiger partial charge on any atom is -0.306 e. The molecule has 2 aromatic rings. The summed E-state index contributed by atoms with van der Waals surface area (Å²) in [5.41, 5.74) is 2.33. The molecule has 0 aliphatic carbocycles. The van der Waals surface area contributed by atoms with E-state index in [2.05, 4.69) is 57.8 Å². The third-order valence-electron chi connectivity index (χ3n) is 3.03. The highest BCUT2D eigenvalue weighted by molar-refractivity contribution is 9.10. The summed E-state index contributed by atoms with van der Waals surface area (Å²) in [4.78, 5) is 1.30. The van der Waals surface area contributed by atoms with Crippen molar-refractivity contribution in [3.8, 4) is 0 Å². The predicted molar refractivity (Wildman–Crippen MR) is 88.3 cm³/mol. The first-order chi connectivity index (χ1) is 9.13. The zero-order valence-electron chi connectivity index (χ0n) is 11.0. The van der Waals surface area contributed by atoms with Gasteiger partial charge in [-0.15, -0.1) is 11.3 Å². The fourth-order valence-corrected chi connectivity index (χ4v) is 3.84. The van der Waals surface area contributed by atoms with Crippen LogP contribution in [0.1, 0.15) is 35.4 Å². The molecule has 0 amide bonds. The first-order valence-corrected chi connectivity index (χ1v) is 8.41. The Morgan fingerprint density at radius 2 is 2.16 bits per heavy atom. The van der Waals surface area contributed by atoms with Crippen LogP contribution in [0.5, 0.6) is 0 Å². The molecule has 1 atom stereocenters. The maximum Gasteiger partial charge on any atom is 0.0683 e. The van der Waals surface area contributed by atoms with Gasteiger partial charge in [-0.2, -0.15) is 0 Å². The van der Waals surface area contributed by atoms with E-state index in [1.54, 1.807) is 11.3 Å². The second kappa shape index (κ2) is 6.89. The summed E-state index contributed by atoms with van der Waals surface area (Å²) in [5.74, 6) is 0. The van der Waals surface area contributed by atoms with Gasteiger partial charge in [-0.05, 0) is 64.5 Å². The molecule has 0 saturated heterocycles. The summed E-state index contributed by atoms with van der Waals surface area (Å²) >= 11 is 11.6. The SMILES string of the molecule is CCCNC(c1ccc(C)c(Cl)c1)c1sccc1Br. The average Bonchev–Trinajstić information content (AvgIpc) is 2.80. The Morgan fingerprint density at radius 1 is 1.37 bits per heavy atom. The Hall–Kier alpha value is -0.350. The van der Waals surface area contributed by atoms with Crippen LogP contribution in [0.4, 0.5) is 0 Å². The molecule has 1 heterocycles. The lowest BCUT2D eigenvalue weighted by molar-refractivity contribution is 0.604. The molecule has 0 spiro atoms. The van der Waals surface area contributed by atoms with E-state index in [9.17, 15) is 0 Å². The van der Waals surface area contributed by atoms with E-state index >= 15 is 0 Å². The molecular weight excluding hydrogens is 342 g/mol. The van der Waals surface area contributed by atoms with Gasteiger partial charge in [-0.1, -0.05) is 30.7 Å². The lowest BCUT2D eigenvalue weighted by atomic mass is 10.0. The molecule has 1 N–H and O–H groups in total. The van der Waals surface area contributed by atoms with E-state index in [0.717, 1.165) is 28.0 Å². The van der Waals surface area contributed by atoms with Gasteiger partial charge in [0.2, 0.25) is 0 Å². The predicted octanol–water partition coefficient (Wildman–Crippen LogP) is 5.56. The van der Waals surface area contributed by atoms with Crippen LogP contribution in [0, 0.1) is 6.92 Å². The van der Waals surface area contributed by atoms with Crippen molar-refractivity contribution >= 4 is 38.9 Å². The van der Waals surface area contributed by atoms with Crippen LogP contribution in [0.15, 0.2) is 34.1 Å². The molecule has 2 rings (SSSR count). The molecule has 1 aromatic carbocycles. The fourth-order valence-electron chi connectivity index (χ4n) is 1.95. The number of hydrogen-bond donors (Lipinski definition) is 1. The summed E-state index contributed by atoms with van der Waals surface area (Å²) in [6.45, 7) is 5.19. The Morgan fingerprint density at radius 3 is 2.74 bits per heavy atom. The second-order valence-corrected chi connectivity index (χ2v) is 6.74. The first kappa shape index (κ1) is 15.0. The smallest absolute Gasteiger partial charge is 0.0683 e. The van der Waals surface area contributed by atoms with Crippen LogP contribution >= 0.6 is 38.9 Å². The van der Waals surface area contributed by atoms with Gasteiger partial charge in [0.25, 0.3) is 0 Å². The summed E-state index contributed by atoms with van der Waals surface area (Å²) in [7, 11) is 0. The van der Waals surface area contributed by atoms with Crippen LogP contribution in [0.3, 0.4) is 0 Å². The molecule has 19 heavy (non-hydrogen) atoms. The lowest BCUT2D eigenvalue weighted by Gasteiger charge is -2.19. The van der Waals surface area contributed by atoms with E-state index in [4.69, 9.17) is 11.6 Å². The maximum absolute atomic E-state index is 6.26. The molecule has 102 valence electrons. The second-order valence-electron chi connectivity index (χ2n) is 4.53. The van der Waals surface area contributed by atoms with Gasteiger partial charge < -0.3 is 5.32 Å². The topological polar surface area (TPSA) is 12.0 Å². The minimum atomic E-state index is 0.201. The highest BCUT2D eigenvalue weighted by Gasteiger charge is 2.18. The third-order valence-corrected chi connectivity index (χ3v) is 5.38. The van der Waals surface area contributed by atoms with Crippen molar-refractivity contribution in [2.75, 3.05) is 6.54 Å². The van der Waals surface area contributed by atoms with E-state index < -0.39 is 0 Å². The van der Waals surface area contributed by atoms with Gasteiger partial charge in [0.15, 0.2) is 0 Å². The maximum atomic E-state index is 6.26. The summed E-state index contributed by atoms with van der Waals surface area (Å²) in [6.07, 6.45) is 1.11. The summed E-state index contributed by atoms with van der Waals surface area (Å²) < 4.78 is 1.16. The largest absolute Gasteiger partial charge is 0.306 e. The van der Waals surface area contributed by atoms with Crippen LogP contribution in [0.2, 0.25) is 5.02 Å². The molecule has 0 saturated carbocycles. The molecule has 1 aromatic heterocycles. The molecule has 0 fully saturated rings. The third kappa shape index (κ3) is 3.60. The first-order valence-electron chi connectivity index (χ1n) is 6.35. The number of halogens is 2. The number of hydrogen-bond acceptors (Lipinski definition) is 2. The number of rotatable bonds is 5. The van der Waals surface area contributed by atoms with Crippen LogP contribution in [-0.4, -0.2) is 6.54 Å². The van der Waals surface area contributed by atoms with Gasteiger partial charge in [0.05, 0.1) is 6.04 Å².